The van der Waals surface area contributed by atoms with Crippen molar-refractivity contribution in [1.29, 1.82) is 0 Å². The molecule has 0 unspecified atom stereocenters. The van der Waals surface area contributed by atoms with Gasteiger partial charge in [-0.1, -0.05) is 41.3 Å². The molecule has 0 aromatic heterocycles. The normalized spacial score (nSPS) is 23.2. The summed E-state index contributed by atoms with van der Waals surface area (Å²) in [5.74, 6) is 0.873. The van der Waals surface area contributed by atoms with Crippen molar-refractivity contribution in [3.05, 3.63) is 11.1 Å². The zero-order valence-electron chi connectivity index (χ0n) is 5.65. The molecule has 0 amide bonds. The predicted octanol–water partition coefficient (Wildman–Crippen LogP) is 3.48. The molecule has 0 spiro atoms. The van der Waals surface area contributed by atoms with Gasteiger partial charge in [-0.3, -0.25) is 0 Å². The Labute approximate surface area is 65.5 Å². The average Bonchev–Trinajstić information content (AvgIpc) is 1.91. The molecule has 0 aromatic rings. The molecule has 0 aromatic carbocycles. The predicted molar refractivity (Wildman–Crippen MR) is 44.6 cm³/mol. The minimum absolute atomic E-state index is 0.873. The van der Waals surface area contributed by atoms with Crippen molar-refractivity contribution in [2.45, 2.75) is 32.1 Å². The third-order valence-electron chi connectivity index (χ3n) is 1.99. The van der Waals surface area contributed by atoms with Crippen LogP contribution in [0, 0.1) is 5.92 Å². The topological polar surface area (TPSA) is 0 Å². The Kier molecular flexibility index (Phi) is 3.34. The summed E-state index contributed by atoms with van der Waals surface area (Å²) < 4.78 is 0. The number of halogens is 1. The molecule has 9 heavy (non-hydrogen) atoms. The first-order valence-electron chi connectivity index (χ1n) is 3.70. The minimum Gasteiger partial charge on any atom is -0.0745 e. The third kappa shape index (κ3) is 2.53. The molecule has 0 aliphatic heterocycles. The van der Waals surface area contributed by atoms with Gasteiger partial charge in [-0.25, -0.2) is 0 Å². The summed E-state index contributed by atoms with van der Waals surface area (Å²) in [4.78, 5) is 2.00. The molecule has 52 valence electrons. The van der Waals surface area contributed by atoms with Crippen LogP contribution >= 0.6 is 15.9 Å². The van der Waals surface area contributed by atoms with Crippen molar-refractivity contribution in [2.75, 3.05) is 0 Å². The van der Waals surface area contributed by atoms with Crippen molar-refractivity contribution in [2.24, 2.45) is 5.92 Å². The van der Waals surface area contributed by atoms with E-state index < -0.39 is 0 Å². The Bertz CT molecular complexity index is 90.7. The van der Waals surface area contributed by atoms with Gasteiger partial charge in [-0.15, -0.1) is 0 Å². The van der Waals surface area contributed by atoms with Crippen LogP contribution in [0.1, 0.15) is 32.1 Å². The summed E-state index contributed by atoms with van der Waals surface area (Å²) in [7, 11) is 0. The molecule has 0 atom stereocenters. The van der Waals surface area contributed by atoms with Crippen LogP contribution in [-0.2, 0) is 0 Å². The second kappa shape index (κ2) is 4.10. The highest BCUT2D eigenvalue weighted by molar-refractivity contribution is 9.11. The fraction of sp³-hybridized carbons (Fsp3) is 0.750. The molecule has 1 aliphatic carbocycles. The van der Waals surface area contributed by atoms with Crippen molar-refractivity contribution in [3.8, 4) is 0 Å². The summed E-state index contributed by atoms with van der Waals surface area (Å²) in [6.07, 6.45) is 9.40. The third-order valence-corrected chi connectivity index (χ3v) is 2.30. The van der Waals surface area contributed by atoms with E-state index in [0.29, 0.717) is 0 Å². The van der Waals surface area contributed by atoms with Crippen LogP contribution in [0.4, 0.5) is 0 Å². The number of hydrogen-bond acceptors (Lipinski definition) is 0. The van der Waals surface area contributed by atoms with E-state index in [-0.39, 0.29) is 0 Å². The van der Waals surface area contributed by atoms with Crippen LogP contribution in [0.2, 0.25) is 0 Å². The second-order valence-electron chi connectivity index (χ2n) is 2.72. The first-order valence-corrected chi connectivity index (χ1v) is 4.62. The molecule has 0 bridgehead atoms. The van der Waals surface area contributed by atoms with E-state index >= 15 is 0 Å². The van der Waals surface area contributed by atoms with Crippen LogP contribution in [0.5, 0.6) is 0 Å². The maximum Gasteiger partial charge on any atom is -0.0225 e. The Balaban J connectivity index is 2.23. The fourth-order valence-corrected chi connectivity index (χ4v) is 1.86. The summed E-state index contributed by atoms with van der Waals surface area (Å²) in [5, 5.41) is 0. The highest BCUT2D eigenvalue weighted by atomic mass is 79.9. The lowest BCUT2D eigenvalue weighted by molar-refractivity contribution is 0.420. The largest absolute Gasteiger partial charge is 0.0745 e. The lowest BCUT2D eigenvalue weighted by atomic mass is 9.90. The first kappa shape index (κ1) is 7.33. The summed E-state index contributed by atoms with van der Waals surface area (Å²) in [6.45, 7) is 0. The van der Waals surface area contributed by atoms with Crippen molar-refractivity contribution in [1.82, 2.24) is 0 Å². The van der Waals surface area contributed by atoms with Gasteiger partial charge in [0.05, 0.1) is 0 Å². The molecule has 0 saturated heterocycles. The molecule has 0 nitrogen and oxygen atoms in total. The van der Waals surface area contributed by atoms with Crippen LogP contribution in [0.3, 0.4) is 0 Å². The second-order valence-corrected chi connectivity index (χ2v) is 3.25. The van der Waals surface area contributed by atoms with Gasteiger partial charge in [-0.2, -0.15) is 0 Å². The van der Waals surface area contributed by atoms with E-state index in [4.69, 9.17) is 0 Å². The van der Waals surface area contributed by atoms with E-state index in [1.807, 2.05) is 4.99 Å². The van der Waals surface area contributed by atoms with Gasteiger partial charge in [0.15, 0.2) is 0 Å². The van der Waals surface area contributed by atoms with Gasteiger partial charge in [0.2, 0.25) is 0 Å². The standard InChI is InChI=1S/C8H13Br/c9-7-6-8-4-2-1-3-5-8/h6-8H,1-5H2/b7-6-. The summed E-state index contributed by atoms with van der Waals surface area (Å²) >= 11 is 3.30. The Morgan fingerprint density at radius 1 is 1.11 bits per heavy atom. The summed E-state index contributed by atoms with van der Waals surface area (Å²) in [5.41, 5.74) is 0. The molecule has 1 fully saturated rings. The van der Waals surface area contributed by atoms with E-state index in [1.54, 1.807) is 0 Å². The van der Waals surface area contributed by atoms with Gasteiger partial charge in [0.25, 0.3) is 0 Å². The maximum atomic E-state index is 3.30. The van der Waals surface area contributed by atoms with Gasteiger partial charge in [-0.05, 0) is 23.7 Å². The Hall–Kier alpha value is 0.220. The van der Waals surface area contributed by atoms with E-state index in [9.17, 15) is 0 Å². The van der Waals surface area contributed by atoms with Crippen LogP contribution in [0.25, 0.3) is 0 Å². The SMILES string of the molecule is Br/C=C\C1CCCCC1. The van der Waals surface area contributed by atoms with Crippen LogP contribution in [-0.4, -0.2) is 0 Å². The molecule has 0 heterocycles. The van der Waals surface area contributed by atoms with Crippen LogP contribution < -0.4 is 0 Å². The number of hydrogen-bond donors (Lipinski definition) is 0. The van der Waals surface area contributed by atoms with Crippen molar-refractivity contribution in [3.63, 3.8) is 0 Å². The molecule has 0 radical (unpaired) electrons. The molecular formula is C8H13Br. The van der Waals surface area contributed by atoms with Crippen molar-refractivity contribution < 1.29 is 0 Å². The van der Waals surface area contributed by atoms with E-state index in [0.717, 1.165) is 5.92 Å². The van der Waals surface area contributed by atoms with Crippen molar-refractivity contribution >= 4 is 15.9 Å². The minimum atomic E-state index is 0.873. The smallest absolute Gasteiger partial charge is 0.0225 e. The van der Waals surface area contributed by atoms with E-state index in [1.165, 1.54) is 32.1 Å². The first-order chi connectivity index (χ1) is 4.43. The highest BCUT2D eigenvalue weighted by Gasteiger charge is 2.08. The fourth-order valence-electron chi connectivity index (χ4n) is 1.43. The summed E-state index contributed by atoms with van der Waals surface area (Å²) in [6, 6.07) is 0. The molecule has 1 rings (SSSR count). The molecule has 0 N–H and O–H groups in total. The monoisotopic (exact) mass is 188 g/mol. The lowest BCUT2D eigenvalue weighted by Gasteiger charge is -2.16. The lowest BCUT2D eigenvalue weighted by Crippen LogP contribution is -2.01. The average molecular weight is 189 g/mol. The van der Waals surface area contributed by atoms with Crippen LogP contribution in [0.15, 0.2) is 11.1 Å². The Morgan fingerprint density at radius 3 is 2.33 bits per heavy atom. The number of rotatable bonds is 1. The Morgan fingerprint density at radius 2 is 1.78 bits per heavy atom. The molecule has 1 saturated carbocycles. The van der Waals surface area contributed by atoms with E-state index in [2.05, 4.69) is 22.0 Å². The van der Waals surface area contributed by atoms with Gasteiger partial charge < -0.3 is 0 Å². The highest BCUT2D eigenvalue weighted by Crippen LogP contribution is 2.24. The molecule has 1 aliphatic rings. The number of allylic oxidation sites excluding steroid dienone is 1. The zero-order valence-corrected chi connectivity index (χ0v) is 7.23. The maximum absolute atomic E-state index is 3.30. The van der Waals surface area contributed by atoms with Gasteiger partial charge >= 0.3 is 0 Å². The molecular weight excluding hydrogens is 176 g/mol. The molecule has 1 heteroatoms. The zero-order chi connectivity index (χ0) is 6.53. The van der Waals surface area contributed by atoms with Gasteiger partial charge in [0.1, 0.15) is 0 Å². The van der Waals surface area contributed by atoms with Gasteiger partial charge in [0, 0.05) is 0 Å². The quantitative estimate of drug-likeness (QED) is 0.592.